The zero-order valence-corrected chi connectivity index (χ0v) is 19.2. The van der Waals surface area contributed by atoms with Gasteiger partial charge in [0.1, 0.15) is 0 Å². The number of rotatable bonds is 5. The summed E-state index contributed by atoms with van der Waals surface area (Å²) in [5.41, 5.74) is 3.49. The number of benzene rings is 2. The van der Waals surface area contributed by atoms with E-state index in [0.717, 1.165) is 29.7 Å². The third-order valence-corrected chi connectivity index (χ3v) is 7.22. The van der Waals surface area contributed by atoms with Crippen molar-refractivity contribution in [2.24, 2.45) is 0 Å². The van der Waals surface area contributed by atoms with E-state index in [2.05, 4.69) is 5.32 Å². The monoisotopic (exact) mass is 435 g/mol. The number of carbonyl (C=O) groups excluding carboxylic acids is 1. The maximum atomic E-state index is 13.5. The number of para-hydroxylation sites is 1. The van der Waals surface area contributed by atoms with E-state index in [1.54, 1.807) is 10.6 Å². The second kappa shape index (κ2) is 9.27. The lowest BCUT2D eigenvalue weighted by Gasteiger charge is -2.24. The van der Waals surface area contributed by atoms with Gasteiger partial charge in [-0.1, -0.05) is 55.3 Å². The molecule has 1 fully saturated rings. The molecule has 1 heterocycles. The number of fused-ring (bicyclic) bond motifs is 1. The van der Waals surface area contributed by atoms with Gasteiger partial charge in [-0.3, -0.25) is 14.2 Å². The van der Waals surface area contributed by atoms with Crippen LogP contribution in [0.15, 0.2) is 52.4 Å². The Morgan fingerprint density at radius 3 is 2.61 bits per heavy atom. The first kappa shape index (κ1) is 21.6. The van der Waals surface area contributed by atoms with Gasteiger partial charge in [-0.15, -0.1) is 0 Å². The molecule has 2 aromatic carbocycles. The maximum Gasteiger partial charge on any atom is 0.266 e. The molecule has 1 atom stereocenters. The number of hydrogen-bond acceptors (Lipinski definition) is 4. The fourth-order valence-electron chi connectivity index (χ4n) is 4.16. The van der Waals surface area contributed by atoms with Gasteiger partial charge in [-0.05, 0) is 62.9 Å². The number of hydrogen-bond donors (Lipinski definition) is 1. The Bertz CT molecular complexity index is 1170. The Hall–Kier alpha value is -2.60. The number of aromatic nitrogens is 2. The SMILES string of the molecule is Cc1cccc(-n2c(SC(C)C(=O)NC3CCCCC3)nc3ccccc3c2=O)c1C. The van der Waals surface area contributed by atoms with Gasteiger partial charge in [0, 0.05) is 6.04 Å². The molecule has 162 valence electrons. The topological polar surface area (TPSA) is 64.0 Å². The zero-order chi connectivity index (χ0) is 22.0. The van der Waals surface area contributed by atoms with Crippen LogP contribution in [-0.2, 0) is 4.79 Å². The maximum absolute atomic E-state index is 13.5. The molecule has 4 rings (SSSR count). The minimum absolute atomic E-state index is 0.00632. The van der Waals surface area contributed by atoms with Crippen LogP contribution in [0.1, 0.15) is 50.2 Å². The molecule has 1 aliphatic rings. The van der Waals surface area contributed by atoms with E-state index in [9.17, 15) is 9.59 Å². The number of amides is 1. The number of nitrogens with one attached hydrogen (secondary N) is 1. The number of thioether (sulfide) groups is 1. The Balaban J connectivity index is 1.73. The molecule has 0 aliphatic heterocycles. The Kier molecular flexibility index (Phi) is 6.46. The lowest BCUT2D eigenvalue weighted by molar-refractivity contribution is -0.121. The molecule has 1 aromatic heterocycles. The molecule has 0 saturated heterocycles. The summed E-state index contributed by atoms with van der Waals surface area (Å²) in [5, 5.41) is 3.96. The van der Waals surface area contributed by atoms with Crippen molar-refractivity contribution < 1.29 is 4.79 Å². The third kappa shape index (κ3) is 4.54. The summed E-state index contributed by atoms with van der Waals surface area (Å²) in [6.07, 6.45) is 5.69. The summed E-state index contributed by atoms with van der Waals surface area (Å²) in [4.78, 5) is 31.2. The van der Waals surface area contributed by atoms with Crippen molar-refractivity contribution in [3.05, 3.63) is 63.9 Å². The van der Waals surface area contributed by atoms with Crippen molar-refractivity contribution in [2.75, 3.05) is 0 Å². The van der Waals surface area contributed by atoms with E-state index in [-0.39, 0.29) is 22.8 Å². The highest BCUT2D eigenvalue weighted by Crippen LogP contribution is 2.28. The fourth-order valence-corrected chi connectivity index (χ4v) is 5.09. The first-order valence-electron chi connectivity index (χ1n) is 11.0. The predicted octanol–water partition coefficient (Wildman–Crippen LogP) is 4.93. The summed E-state index contributed by atoms with van der Waals surface area (Å²) in [5.74, 6) is 0.00632. The minimum atomic E-state index is -0.355. The first-order valence-corrected chi connectivity index (χ1v) is 11.9. The van der Waals surface area contributed by atoms with Crippen LogP contribution in [0.5, 0.6) is 0 Å². The van der Waals surface area contributed by atoms with E-state index in [1.165, 1.54) is 31.0 Å². The summed E-state index contributed by atoms with van der Waals surface area (Å²) < 4.78 is 1.67. The Morgan fingerprint density at radius 1 is 1.10 bits per heavy atom. The molecule has 0 spiro atoms. The van der Waals surface area contributed by atoms with Gasteiger partial charge in [-0.2, -0.15) is 0 Å². The predicted molar refractivity (Wildman–Crippen MR) is 127 cm³/mol. The molecule has 3 aromatic rings. The molecule has 0 radical (unpaired) electrons. The molecule has 1 amide bonds. The van der Waals surface area contributed by atoms with Gasteiger partial charge in [0.25, 0.3) is 5.56 Å². The van der Waals surface area contributed by atoms with Crippen LogP contribution in [0.25, 0.3) is 16.6 Å². The van der Waals surface area contributed by atoms with E-state index in [4.69, 9.17) is 4.98 Å². The molecule has 1 saturated carbocycles. The smallest absolute Gasteiger partial charge is 0.266 e. The van der Waals surface area contributed by atoms with Gasteiger partial charge >= 0.3 is 0 Å². The van der Waals surface area contributed by atoms with Crippen LogP contribution in [0.4, 0.5) is 0 Å². The fraction of sp³-hybridized carbons (Fsp3) is 0.400. The summed E-state index contributed by atoms with van der Waals surface area (Å²) in [6, 6.07) is 13.6. The highest BCUT2D eigenvalue weighted by molar-refractivity contribution is 8.00. The standard InChI is InChI=1S/C25H29N3O2S/c1-16-10-9-15-22(17(16)2)28-24(30)20-13-7-8-14-21(20)27-25(28)31-18(3)23(29)26-19-11-5-4-6-12-19/h7-10,13-15,18-19H,4-6,11-12H2,1-3H3,(H,26,29). The van der Waals surface area contributed by atoms with Gasteiger partial charge in [0.15, 0.2) is 5.16 Å². The minimum Gasteiger partial charge on any atom is -0.352 e. The first-order chi connectivity index (χ1) is 15.0. The van der Waals surface area contributed by atoms with Crippen LogP contribution >= 0.6 is 11.8 Å². The molecule has 1 N–H and O–H groups in total. The van der Waals surface area contributed by atoms with Crippen molar-refractivity contribution >= 4 is 28.6 Å². The van der Waals surface area contributed by atoms with E-state index in [0.29, 0.717) is 16.1 Å². The van der Waals surface area contributed by atoms with Gasteiger partial charge in [0.05, 0.1) is 21.8 Å². The van der Waals surface area contributed by atoms with Crippen LogP contribution < -0.4 is 10.9 Å². The normalized spacial score (nSPS) is 15.7. The van der Waals surface area contributed by atoms with Crippen molar-refractivity contribution in [3.8, 4) is 5.69 Å². The molecule has 0 bridgehead atoms. The van der Waals surface area contributed by atoms with E-state index >= 15 is 0 Å². The second-order valence-corrected chi connectivity index (χ2v) is 9.68. The van der Waals surface area contributed by atoms with Gasteiger partial charge < -0.3 is 5.32 Å². The summed E-state index contributed by atoms with van der Waals surface area (Å²) in [7, 11) is 0. The van der Waals surface area contributed by atoms with Crippen molar-refractivity contribution in [1.82, 2.24) is 14.9 Å². The third-order valence-electron chi connectivity index (χ3n) is 6.16. The molecular weight excluding hydrogens is 406 g/mol. The van der Waals surface area contributed by atoms with Crippen molar-refractivity contribution in [1.29, 1.82) is 0 Å². The van der Waals surface area contributed by atoms with Crippen molar-refractivity contribution in [2.45, 2.75) is 69.3 Å². The molecule has 31 heavy (non-hydrogen) atoms. The molecule has 1 aliphatic carbocycles. The van der Waals surface area contributed by atoms with Gasteiger partial charge in [-0.25, -0.2) is 4.98 Å². The van der Waals surface area contributed by atoms with Crippen LogP contribution in [0.2, 0.25) is 0 Å². The zero-order valence-electron chi connectivity index (χ0n) is 18.4. The van der Waals surface area contributed by atoms with Crippen LogP contribution in [0, 0.1) is 13.8 Å². The molecule has 5 nitrogen and oxygen atoms in total. The highest BCUT2D eigenvalue weighted by atomic mass is 32.2. The number of aryl methyl sites for hydroxylation is 1. The Labute approximate surface area is 187 Å². The van der Waals surface area contributed by atoms with Gasteiger partial charge in [0.2, 0.25) is 5.91 Å². The van der Waals surface area contributed by atoms with Crippen LogP contribution in [-0.4, -0.2) is 26.8 Å². The molecular formula is C25H29N3O2S. The lowest BCUT2D eigenvalue weighted by Crippen LogP contribution is -2.40. The molecule has 6 heteroatoms. The van der Waals surface area contributed by atoms with Crippen molar-refractivity contribution in [3.63, 3.8) is 0 Å². The average Bonchev–Trinajstić information content (AvgIpc) is 2.77. The number of carbonyl (C=O) groups is 1. The Morgan fingerprint density at radius 2 is 1.84 bits per heavy atom. The quantitative estimate of drug-likeness (QED) is 0.456. The largest absolute Gasteiger partial charge is 0.352 e. The molecule has 1 unspecified atom stereocenters. The average molecular weight is 436 g/mol. The number of nitrogens with zero attached hydrogens (tertiary/aromatic N) is 2. The lowest BCUT2D eigenvalue weighted by atomic mass is 9.95. The van der Waals surface area contributed by atoms with E-state index < -0.39 is 0 Å². The summed E-state index contributed by atoms with van der Waals surface area (Å²) >= 11 is 1.35. The van der Waals surface area contributed by atoms with E-state index in [1.807, 2.05) is 57.2 Å². The van der Waals surface area contributed by atoms with Crippen LogP contribution in [0.3, 0.4) is 0 Å². The summed E-state index contributed by atoms with van der Waals surface area (Å²) in [6.45, 7) is 5.93. The second-order valence-electron chi connectivity index (χ2n) is 8.37. The highest BCUT2D eigenvalue weighted by Gasteiger charge is 2.23.